The molecule has 2 aliphatic rings. The number of carbonyl (C=O) groups is 1. The maximum Gasteiger partial charge on any atom is 0.244 e. The summed E-state index contributed by atoms with van der Waals surface area (Å²) in [6.45, 7) is 5.36. The van der Waals surface area contributed by atoms with Gasteiger partial charge < -0.3 is 4.90 Å². The normalized spacial score (nSPS) is 25.0. The highest BCUT2D eigenvalue weighted by molar-refractivity contribution is 7.89. The van der Waals surface area contributed by atoms with E-state index < -0.39 is 10.0 Å². The summed E-state index contributed by atoms with van der Waals surface area (Å²) in [7, 11) is -3.60. The van der Waals surface area contributed by atoms with Crippen molar-refractivity contribution in [2.24, 2.45) is 11.8 Å². The number of carbonyl (C=O) groups excluding carboxylic acids is 1. The fourth-order valence-electron chi connectivity index (χ4n) is 3.31. The van der Waals surface area contributed by atoms with E-state index in [1.54, 1.807) is 15.8 Å². The number of hydrogen-bond donors (Lipinski definition) is 1. The average molecular weight is 340 g/mol. The highest BCUT2D eigenvalue weighted by Gasteiger charge is 2.44. The molecule has 23 heavy (non-hydrogen) atoms. The number of nitrogens with one attached hydrogen (secondary N) is 1. The van der Waals surface area contributed by atoms with E-state index in [0.717, 1.165) is 19.3 Å². The predicted molar refractivity (Wildman–Crippen MR) is 85.1 cm³/mol. The first-order valence-corrected chi connectivity index (χ1v) is 9.69. The Labute approximate surface area is 137 Å². The Kier molecular flexibility index (Phi) is 4.46. The molecule has 1 amide bonds. The minimum Gasteiger partial charge on any atom is -0.341 e. The fourth-order valence-corrected chi connectivity index (χ4v) is 4.55. The number of aromatic nitrogens is 2. The molecule has 128 valence electrons. The average Bonchev–Trinajstić information content (AvgIpc) is 3.05. The van der Waals surface area contributed by atoms with Crippen LogP contribution in [0.3, 0.4) is 0 Å². The van der Waals surface area contributed by atoms with E-state index in [4.69, 9.17) is 0 Å². The van der Waals surface area contributed by atoms with Crippen molar-refractivity contribution >= 4 is 15.9 Å². The van der Waals surface area contributed by atoms with Crippen LogP contribution in [-0.4, -0.2) is 48.1 Å². The smallest absolute Gasteiger partial charge is 0.244 e. The van der Waals surface area contributed by atoms with Crippen LogP contribution in [0.5, 0.6) is 0 Å². The predicted octanol–water partition coefficient (Wildman–Crippen LogP) is 0.828. The minimum atomic E-state index is -3.60. The van der Waals surface area contributed by atoms with Crippen molar-refractivity contribution in [3.63, 3.8) is 0 Å². The summed E-state index contributed by atoms with van der Waals surface area (Å²) < 4.78 is 29.7. The van der Waals surface area contributed by atoms with Gasteiger partial charge in [-0.1, -0.05) is 6.92 Å². The topological polar surface area (TPSA) is 84.3 Å². The molecule has 2 fully saturated rings. The zero-order chi connectivity index (χ0) is 16.6. The van der Waals surface area contributed by atoms with Crippen LogP contribution in [0.4, 0.5) is 0 Å². The molecule has 0 bridgehead atoms. The molecule has 1 N–H and O–H groups in total. The van der Waals surface area contributed by atoms with Gasteiger partial charge in [0.05, 0.1) is 6.20 Å². The third-order valence-electron chi connectivity index (χ3n) is 4.72. The van der Waals surface area contributed by atoms with Gasteiger partial charge in [0.25, 0.3) is 0 Å². The second-order valence-electron chi connectivity index (χ2n) is 6.59. The van der Waals surface area contributed by atoms with Gasteiger partial charge in [0.15, 0.2) is 0 Å². The molecular weight excluding hydrogens is 316 g/mol. The van der Waals surface area contributed by atoms with E-state index >= 15 is 0 Å². The van der Waals surface area contributed by atoms with Crippen molar-refractivity contribution in [1.82, 2.24) is 19.4 Å². The van der Waals surface area contributed by atoms with Gasteiger partial charge >= 0.3 is 0 Å². The van der Waals surface area contributed by atoms with E-state index in [9.17, 15) is 13.2 Å². The van der Waals surface area contributed by atoms with Gasteiger partial charge in [-0.3, -0.25) is 9.48 Å². The van der Waals surface area contributed by atoms with Crippen molar-refractivity contribution in [1.29, 1.82) is 0 Å². The maximum atomic E-state index is 12.6. The SMILES string of the molecule is CCCn1cc(S(=O)(=O)N[C@@H]2CN(C(C)=O)C[C@H]2C2CC2)cn1. The van der Waals surface area contributed by atoms with Crippen LogP contribution in [0.15, 0.2) is 17.3 Å². The molecule has 0 aromatic carbocycles. The van der Waals surface area contributed by atoms with Gasteiger partial charge in [-0.15, -0.1) is 0 Å². The van der Waals surface area contributed by atoms with Crippen LogP contribution < -0.4 is 4.72 Å². The van der Waals surface area contributed by atoms with Gasteiger partial charge in [-0.2, -0.15) is 5.10 Å². The monoisotopic (exact) mass is 340 g/mol. The lowest BCUT2D eigenvalue weighted by Gasteiger charge is -2.18. The summed E-state index contributed by atoms with van der Waals surface area (Å²) in [6.07, 6.45) is 6.11. The number of nitrogens with zero attached hydrogens (tertiary/aromatic N) is 3. The van der Waals surface area contributed by atoms with Crippen molar-refractivity contribution in [2.45, 2.75) is 50.6 Å². The molecule has 3 rings (SSSR count). The lowest BCUT2D eigenvalue weighted by atomic mass is 9.99. The van der Waals surface area contributed by atoms with Gasteiger partial charge in [0.2, 0.25) is 15.9 Å². The zero-order valence-corrected chi connectivity index (χ0v) is 14.4. The molecular formula is C15H24N4O3S. The van der Waals surface area contributed by atoms with Crippen LogP contribution in [0.2, 0.25) is 0 Å². The van der Waals surface area contributed by atoms with Gasteiger partial charge in [-0.25, -0.2) is 13.1 Å². The summed E-state index contributed by atoms with van der Waals surface area (Å²) in [4.78, 5) is 13.6. The largest absolute Gasteiger partial charge is 0.341 e. The molecule has 2 atom stereocenters. The maximum absolute atomic E-state index is 12.6. The molecule has 0 unspecified atom stereocenters. The van der Waals surface area contributed by atoms with E-state index in [0.29, 0.717) is 25.6 Å². The van der Waals surface area contributed by atoms with Crippen LogP contribution >= 0.6 is 0 Å². The summed E-state index contributed by atoms with van der Waals surface area (Å²) >= 11 is 0. The van der Waals surface area contributed by atoms with Crippen LogP contribution in [-0.2, 0) is 21.4 Å². The molecule has 1 aromatic heterocycles. The van der Waals surface area contributed by atoms with Crippen molar-refractivity contribution in [2.75, 3.05) is 13.1 Å². The Morgan fingerprint density at radius 1 is 1.39 bits per heavy atom. The quantitative estimate of drug-likeness (QED) is 0.831. The van der Waals surface area contributed by atoms with Crippen LogP contribution in [0.1, 0.15) is 33.1 Å². The standard InChI is InChI=1S/C15H24N4O3S/c1-3-6-19-8-13(7-16-19)23(21,22)17-15-10-18(11(2)20)9-14(15)12-4-5-12/h7-8,12,14-15,17H,3-6,9-10H2,1-2H3/t14-,15+/m0/s1. The minimum absolute atomic E-state index is 0.00751. The molecule has 7 nitrogen and oxygen atoms in total. The molecule has 8 heteroatoms. The molecule has 0 radical (unpaired) electrons. The summed E-state index contributed by atoms with van der Waals surface area (Å²) in [6, 6.07) is -0.203. The first-order valence-electron chi connectivity index (χ1n) is 8.21. The first-order chi connectivity index (χ1) is 10.9. The molecule has 1 saturated heterocycles. The summed E-state index contributed by atoms with van der Waals surface area (Å²) in [5.41, 5.74) is 0. The second-order valence-corrected chi connectivity index (χ2v) is 8.31. The highest BCUT2D eigenvalue weighted by Crippen LogP contribution is 2.41. The van der Waals surface area contributed by atoms with E-state index in [1.165, 1.54) is 13.1 Å². The Bertz CT molecular complexity index is 681. The third-order valence-corrected chi connectivity index (χ3v) is 6.16. The van der Waals surface area contributed by atoms with Crippen molar-refractivity contribution in [3.8, 4) is 0 Å². The summed E-state index contributed by atoms with van der Waals surface area (Å²) in [5, 5.41) is 4.09. The van der Waals surface area contributed by atoms with Gasteiger partial charge in [-0.05, 0) is 31.1 Å². The molecule has 2 heterocycles. The number of hydrogen-bond acceptors (Lipinski definition) is 4. The Morgan fingerprint density at radius 3 is 2.74 bits per heavy atom. The fraction of sp³-hybridized carbons (Fsp3) is 0.733. The van der Waals surface area contributed by atoms with Crippen molar-refractivity contribution < 1.29 is 13.2 Å². The Balaban J connectivity index is 1.74. The zero-order valence-electron chi connectivity index (χ0n) is 13.6. The van der Waals surface area contributed by atoms with E-state index in [2.05, 4.69) is 9.82 Å². The Morgan fingerprint density at radius 2 is 2.13 bits per heavy atom. The van der Waals surface area contributed by atoms with E-state index in [1.807, 2.05) is 6.92 Å². The van der Waals surface area contributed by atoms with Crippen LogP contribution in [0.25, 0.3) is 0 Å². The van der Waals surface area contributed by atoms with E-state index in [-0.39, 0.29) is 22.8 Å². The molecule has 1 aromatic rings. The molecule has 1 saturated carbocycles. The number of sulfonamides is 1. The molecule has 1 aliphatic carbocycles. The number of likely N-dealkylation sites (tertiary alicyclic amines) is 1. The highest BCUT2D eigenvalue weighted by atomic mass is 32.2. The second kappa shape index (κ2) is 6.24. The van der Waals surface area contributed by atoms with Gasteiger partial charge in [0.1, 0.15) is 4.90 Å². The lowest BCUT2D eigenvalue weighted by Crippen LogP contribution is -2.41. The van der Waals surface area contributed by atoms with Crippen LogP contribution in [0, 0.1) is 11.8 Å². The number of rotatable bonds is 6. The summed E-state index contributed by atoms with van der Waals surface area (Å²) in [5.74, 6) is 0.766. The lowest BCUT2D eigenvalue weighted by molar-refractivity contribution is -0.128. The number of aryl methyl sites for hydroxylation is 1. The third kappa shape index (κ3) is 3.58. The van der Waals surface area contributed by atoms with Crippen molar-refractivity contribution in [3.05, 3.63) is 12.4 Å². The Hall–Kier alpha value is -1.41. The first kappa shape index (κ1) is 16.4. The number of amides is 1. The van der Waals surface area contributed by atoms with Gasteiger partial charge in [0, 0.05) is 38.8 Å². The molecule has 0 spiro atoms. The molecule has 1 aliphatic heterocycles.